The fourth-order valence-electron chi connectivity index (χ4n) is 4.53. The molecular formula is C30H25ClN4O4S. The Morgan fingerprint density at radius 3 is 2.45 bits per heavy atom. The zero-order valence-corrected chi connectivity index (χ0v) is 23.5. The molecule has 2 heterocycles. The molecule has 202 valence electrons. The SMILES string of the molecule is Cc1ncc(-c2cccc(S(C)(=O)=O)c2)nc1C(=O)N[C@@H](C)c1cc2cccc(Cl)c2c(=O)n1-c1ccccc1. The molecule has 2 aromatic heterocycles. The third-order valence-electron chi connectivity index (χ3n) is 6.56. The Hall–Kier alpha value is -4.34. The molecule has 3 aromatic carbocycles. The predicted octanol–water partition coefficient (Wildman–Crippen LogP) is 5.30. The predicted molar refractivity (Wildman–Crippen MR) is 156 cm³/mol. The minimum atomic E-state index is -3.43. The zero-order valence-electron chi connectivity index (χ0n) is 21.9. The maximum absolute atomic E-state index is 13.7. The van der Waals surface area contributed by atoms with Crippen LogP contribution < -0.4 is 10.9 Å². The number of para-hydroxylation sites is 1. The number of sulfone groups is 1. The van der Waals surface area contributed by atoms with Crippen molar-refractivity contribution in [2.75, 3.05) is 6.26 Å². The van der Waals surface area contributed by atoms with Gasteiger partial charge in [0.2, 0.25) is 0 Å². The number of hydrogen-bond acceptors (Lipinski definition) is 6. The largest absolute Gasteiger partial charge is 0.343 e. The van der Waals surface area contributed by atoms with Gasteiger partial charge in [0.15, 0.2) is 9.84 Å². The van der Waals surface area contributed by atoms with E-state index in [0.717, 1.165) is 6.26 Å². The van der Waals surface area contributed by atoms with Crippen LogP contribution in [0.2, 0.25) is 5.02 Å². The normalized spacial score (nSPS) is 12.3. The van der Waals surface area contributed by atoms with E-state index in [1.54, 1.807) is 48.7 Å². The van der Waals surface area contributed by atoms with Gasteiger partial charge in [-0.05, 0) is 55.6 Å². The fraction of sp³-hybridized carbons (Fsp3) is 0.133. The van der Waals surface area contributed by atoms with Crippen LogP contribution in [-0.2, 0) is 9.84 Å². The number of nitrogens with one attached hydrogen (secondary N) is 1. The second kappa shape index (κ2) is 10.7. The number of fused-ring (bicyclic) bond motifs is 1. The Bertz CT molecular complexity index is 1940. The van der Waals surface area contributed by atoms with Gasteiger partial charge in [-0.1, -0.05) is 54.1 Å². The summed E-state index contributed by atoms with van der Waals surface area (Å²) < 4.78 is 25.6. The molecule has 1 N–H and O–H groups in total. The Balaban J connectivity index is 1.55. The van der Waals surface area contributed by atoms with Gasteiger partial charge in [0.25, 0.3) is 11.5 Å². The van der Waals surface area contributed by atoms with Gasteiger partial charge in [0.1, 0.15) is 5.69 Å². The third kappa shape index (κ3) is 5.25. The molecule has 0 saturated heterocycles. The van der Waals surface area contributed by atoms with Crippen LogP contribution in [0.1, 0.15) is 34.8 Å². The van der Waals surface area contributed by atoms with E-state index < -0.39 is 21.8 Å². The number of pyridine rings is 1. The molecule has 5 rings (SSSR count). The number of hydrogen-bond donors (Lipinski definition) is 1. The van der Waals surface area contributed by atoms with Crippen molar-refractivity contribution in [3.8, 4) is 16.9 Å². The quantitative estimate of drug-likeness (QED) is 0.295. The number of benzene rings is 3. The first-order chi connectivity index (χ1) is 19.0. The molecule has 0 aliphatic carbocycles. The number of aryl methyl sites for hydroxylation is 1. The molecule has 0 radical (unpaired) electrons. The smallest absolute Gasteiger partial charge is 0.272 e. The van der Waals surface area contributed by atoms with E-state index in [4.69, 9.17) is 11.6 Å². The molecule has 1 atom stereocenters. The van der Waals surface area contributed by atoms with Crippen LogP contribution in [0.4, 0.5) is 0 Å². The van der Waals surface area contributed by atoms with E-state index in [2.05, 4.69) is 15.3 Å². The van der Waals surface area contributed by atoms with Crippen LogP contribution in [0.15, 0.2) is 94.7 Å². The van der Waals surface area contributed by atoms with E-state index >= 15 is 0 Å². The molecule has 8 nitrogen and oxygen atoms in total. The highest BCUT2D eigenvalue weighted by molar-refractivity contribution is 7.90. The van der Waals surface area contributed by atoms with Crippen molar-refractivity contribution < 1.29 is 13.2 Å². The van der Waals surface area contributed by atoms with Gasteiger partial charge in [-0.3, -0.25) is 19.1 Å². The minimum absolute atomic E-state index is 0.0894. The number of carbonyl (C=O) groups excluding carboxylic acids is 1. The van der Waals surface area contributed by atoms with Gasteiger partial charge in [-0.15, -0.1) is 0 Å². The van der Waals surface area contributed by atoms with Crippen LogP contribution in [-0.4, -0.2) is 35.1 Å². The van der Waals surface area contributed by atoms with Crippen molar-refractivity contribution in [3.05, 3.63) is 118 Å². The summed E-state index contributed by atoms with van der Waals surface area (Å²) in [4.78, 5) is 36.2. The summed E-state index contributed by atoms with van der Waals surface area (Å²) in [5, 5.41) is 4.35. The van der Waals surface area contributed by atoms with E-state index in [-0.39, 0.29) is 16.1 Å². The highest BCUT2D eigenvalue weighted by Crippen LogP contribution is 2.26. The standard InChI is InChI=1S/C30H25ClN4O4S/c1-18(26-16-21-10-8-14-24(31)27(21)30(37)35(26)22-11-5-4-6-12-22)33-29(36)28-19(2)32-17-25(34-28)20-9-7-13-23(15-20)40(3,38)39/h4-18H,1-3H3,(H,33,36)/t18-/m0/s1. The lowest BCUT2D eigenvalue weighted by Crippen LogP contribution is -2.33. The van der Waals surface area contributed by atoms with Crippen LogP contribution in [0.25, 0.3) is 27.7 Å². The van der Waals surface area contributed by atoms with E-state index in [1.807, 2.05) is 36.4 Å². The highest BCUT2D eigenvalue weighted by Gasteiger charge is 2.22. The average Bonchev–Trinajstić information content (AvgIpc) is 2.93. The molecule has 1 amide bonds. The van der Waals surface area contributed by atoms with E-state index in [1.165, 1.54) is 18.3 Å². The monoisotopic (exact) mass is 572 g/mol. The van der Waals surface area contributed by atoms with Crippen molar-refractivity contribution in [3.63, 3.8) is 0 Å². The van der Waals surface area contributed by atoms with Crippen LogP contribution >= 0.6 is 11.6 Å². The molecule has 0 saturated carbocycles. The summed E-state index contributed by atoms with van der Waals surface area (Å²) in [6.07, 6.45) is 2.63. The number of nitrogens with zero attached hydrogens (tertiary/aromatic N) is 3. The van der Waals surface area contributed by atoms with E-state index in [0.29, 0.717) is 44.1 Å². The van der Waals surface area contributed by atoms with Crippen molar-refractivity contribution in [1.29, 1.82) is 0 Å². The molecule has 10 heteroatoms. The number of rotatable bonds is 6. The van der Waals surface area contributed by atoms with Crippen LogP contribution in [0.5, 0.6) is 0 Å². The zero-order chi connectivity index (χ0) is 28.6. The Labute approximate surface area is 236 Å². The average molecular weight is 573 g/mol. The third-order valence-corrected chi connectivity index (χ3v) is 7.98. The van der Waals surface area contributed by atoms with Crippen LogP contribution in [0, 0.1) is 6.92 Å². The van der Waals surface area contributed by atoms with E-state index in [9.17, 15) is 18.0 Å². The summed E-state index contributed by atoms with van der Waals surface area (Å²) in [7, 11) is -3.43. The Morgan fingerprint density at radius 1 is 1.00 bits per heavy atom. The molecule has 5 aromatic rings. The second-order valence-electron chi connectivity index (χ2n) is 9.43. The number of aromatic nitrogens is 3. The minimum Gasteiger partial charge on any atom is -0.343 e. The summed E-state index contributed by atoms with van der Waals surface area (Å²) in [6, 6.07) is 21.9. The van der Waals surface area contributed by atoms with Gasteiger partial charge < -0.3 is 5.32 Å². The Kier molecular flexibility index (Phi) is 7.27. The van der Waals surface area contributed by atoms with Gasteiger partial charge in [0.05, 0.1) is 38.9 Å². The molecule has 0 unspecified atom stereocenters. The number of carbonyl (C=O) groups is 1. The van der Waals surface area contributed by atoms with Crippen molar-refractivity contribution >= 4 is 38.1 Å². The molecule has 0 fully saturated rings. The lowest BCUT2D eigenvalue weighted by molar-refractivity contribution is 0.0932. The van der Waals surface area contributed by atoms with Crippen molar-refractivity contribution in [1.82, 2.24) is 19.9 Å². The number of amides is 1. The summed E-state index contributed by atoms with van der Waals surface area (Å²) in [6.45, 7) is 3.45. The summed E-state index contributed by atoms with van der Waals surface area (Å²) in [5.74, 6) is -0.489. The topological polar surface area (TPSA) is 111 Å². The fourth-order valence-corrected chi connectivity index (χ4v) is 5.46. The maximum Gasteiger partial charge on any atom is 0.272 e. The van der Waals surface area contributed by atoms with Crippen molar-refractivity contribution in [2.24, 2.45) is 0 Å². The van der Waals surface area contributed by atoms with Crippen molar-refractivity contribution in [2.45, 2.75) is 24.8 Å². The Morgan fingerprint density at radius 2 is 1.73 bits per heavy atom. The van der Waals surface area contributed by atoms with Gasteiger partial charge in [-0.2, -0.15) is 0 Å². The molecule has 0 aliphatic heterocycles. The number of halogens is 1. The molecule has 0 aliphatic rings. The molecule has 40 heavy (non-hydrogen) atoms. The lowest BCUT2D eigenvalue weighted by atomic mass is 10.1. The first kappa shape index (κ1) is 27.2. The van der Waals surface area contributed by atoms with Gasteiger partial charge in [-0.25, -0.2) is 13.4 Å². The van der Waals surface area contributed by atoms with Crippen LogP contribution in [0.3, 0.4) is 0 Å². The maximum atomic E-state index is 13.7. The first-order valence-corrected chi connectivity index (χ1v) is 14.7. The summed E-state index contributed by atoms with van der Waals surface area (Å²) in [5.41, 5.74) is 2.26. The lowest BCUT2D eigenvalue weighted by Gasteiger charge is -2.21. The second-order valence-corrected chi connectivity index (χ2v) is 11.9. The molecule has 0 spiro atoms. The van der Waals surface area contributed by atoms with Gasteiger partial charge in [0, 0.05) is 23.2 Å². The van der Waals surface area contributed by atoms with Gasteiger partial charge >= 0.3 is 0 Å². The summed E-state index contributed by atoms with van der Waals surface area (Å²) >= 11 is 6.40. The first-order valence-electron chi connectivity index (χ1n) is 12.4. The molecule has 0 bridgehead atoms. The highest BCUT2D eigenvalue weighted by atomic mass is 35.5. The molecular weight excluding hydrogens is 548 g/mol.